The number of hydrogen-bond acceptors (Lipinski definition) is 11. The topological polar surface area (TPSA) is 136 Å². The summed E-state index contributed by atoms with van der Waals surface area (Å²) < 4.78 is 9.23. The normalized spacial score (nSPS) is 10.9. The molecule has 25 heavy (non-hydrogen) atoms. The van der Waals surface area contributed by atoms with Gasteiger partial charge in [0.15, 0.2) is 10.2 Å². The van der Waals surface area contributed by atoms with Crippen molar-refractivity contribution in [2.45, 2.75) is 39.5 Å². The summed E-state index contributed by atoms with van der Waals surface area (Å²) >= 11 is 1.89. The van der Waals surface area contributed by atoms with Crippen molar-refractivity contribution in [2.24, 2.45) is 5.16 Å². The van der Waals surface area contributed by atoms with Gasteiger partial charge < -0.3 is 14.7 Å². The third kappa shape index (κ3) is 14.2. The maximum absolute atomic E-state index is 11.5. The van der Waals surface area contributed by atoms with Crippen LogP contribution in [0.1, 0.15) is 39.5 Å². The molecule has 0 unspecified atom stereocenters. The first-order valence-electron chi connectivity index (χ1n) is 7.16. The number of ether oxygens (including phenoxy) is 2. The van der Waals surface area contributed by atoms with Crippen LogP contribution in [-0.4, -0.2) is 50.7 Å². The largest absolute Gasteiger partial charge is 0.408 e. The summed E-state index contributed by atoms with van der Waals surface area (Å²) in [6.07, 6.45) is -0.739. The van der Waals surface area contributed by atoms with E-state index in [4.69, 9.17) is 9.94 Å². The first-order chi connectivity index (χ1) is 11.7. The van der Waals surface area contributed by atoms with E-state index in [9.17, 15) is 24.0 Å². The van der Waals surface area contributed by atoms with Crippen LogP contribution in [0.2, 0.25) is 0 Å². The lowest BCUT2D eigenvalue weighted by Gasteiger charge is -2.06. The Morgan fingerprint density at radius 1 is 0.760 bits per heavy atom. The van der Waals surface area contributed by atoms with E-state index in [1.807, 2.05) is 0 Å². The molecule has 1 N–H and O–H groups in total. The van der Waals surface area contributed by atoms with Gasteiger partial charge in [-0.1, -0.05) is 28.7 Å². The van der Waals surface area contributed by atoms with Crippen molar-refractivity contribution in [1.29, 1.82) is 0 Å². The summed E-state index contributed by atoms with van der Waals surface area (Å²) in [4.78, 5) is 55.7. The minimum absolute atomic E-state index is 0.0694. The summed E-state index contributed by atoms with van der Waals surface area (Å²) in [6.45, 7) is 2.72. The van der Waals surface area contributed by atoms with Gasteiger partial charge in [0, 0.05) is 31.8 Å². The monoisotopic (exact) mass is 393 g/mol. The molecule has 0 bridgehead atoms. The Labute approximate surface area is 152 Å². The van der Waals surface area contributed by atoms with E-state index in [-0.39, 0.29) is 47.4 Å². The molecule has 0 amide bonds. The van der Waals surface area contributed by atoms with E-state index in [0.29, 0.717) is 0 Å². The maximum Gasteiger partial charge on any atom is 0.314 e. The van der Waals surface area contributed by atoms with Crippen molar-refractivity contribution >= 4 is 57.6 Å². The fraction of sp³-hybridized carbons (Fsp3) is 0.571. The van der Waals surface area contributed by atoms with E-state index >= 15 is 0 Å². The molecular weight excluding hydrogens is 374 g/mol. The van der Waals surface area contributed by atoms with E-state index in [0.717, 1.165) is 23.5 Å². The molecule has 0 aliphatic rings. The van der Waals surface area contributed by atoms with E-state index in [1.54, 1.807) is 0 Å². The second-order valence-corrected chi connectivity index (χ2v) is 7.04. The predicted octanol–water partition coefficient (Wildman–Crippen LogP) is 1.51. The minimum Gasteiger partial charge on any atom is -0.408 e. The van der Waals surface area contributed by atoms with Gasteiger partial charge in [-0.3, -0.25) is 24.0 Å². The molecular formula is C14H19NO8S2. The van der Waals surface area contributed by atoms with Crippen molar-refractivity contribution in [2.75, 3.05) is 11.5 Å². The average Bonchev–Trinajstić information content (AvgIpc) is 2.50. The molecule has 0 atom stereocenters. The molecule has 0 rings (SSSR count). The van der Waals surface area contributed by atoms with Crippen molar-refractivity contribution < 1.29 is 38.7 Å². The van der Waals surface area contributed by atoms with Gasteiger partial charge in [0.2, 0.25) is 5.90 Å². The number of carbonyl (C=O) groups excluding carboxylic acids is 5. The maximum atomic E-state index is 11.5. The molecule has 0 aliphatic heterocycles. The SMILES string of the molecule is CC(=O)SCCC(=O)OC(=O)CC/C(=N/O)OC(=O)CCSC(C)=O. The van der Waals surface area contributed by atoms with Gasteiger partial charge in [-0.15, -0.1) is 0 Å². The smallest absolute Gasteiger partial charge is 0.314 e. The quantitative estimate of drug-likeness (QED) is 0.153. The Kier molecular flexibility index (Phi) is 12.4. The summed E-state index contributed by atoms with van der Waals surface area (Å²) in [5.41, 5.74) is 0. The van der Waals surface area contributed by atoms with Gasteiger partial charge in [-0.05, 0) is 0 Å². The molecule has 0 spiro atoms. The van der Waals surface area contributed by atoms with Crippen LogP contribution in [0, 0.1) is 0 Å². The highest BCUT2D eigenvalue weighted by Gasteiger charge is 2.15. The second kappa shape index (κ2) is 13.4. The highest BCUT2D eigenvalue weighted by Crippen LogP contribution is 2.07. The highest BCUT2D eigenvalue weighted by molar-refractivity contribution is 8.13. The Balaban J connectivity index is 4.06. The molecule has 0 aromatic rings. The molecule has 0 heterocycles. The minimum atomic E-state index is -0.873. The van der Waals surface area contributed by atoms with Crippen LogP contribution in [0.3, 0.4) is 0 Å². The van der Waals surface area contributed by atoms with Gasteiger partial charge in [0.05, 0.1) is 19.3 Å². The molecule has 0 fully saturated rings. The van der Waals surface area contributed by atoms with E-state index in [2.05, 4.69) is 9.89 Å². The number of esters is 3. The van der Waals surface area contributed by atoms with E-state index in [1.165, 1.54) is 13.8 Å². The van der Waals surface area contributed by atoms with Crippen molar-refractivity contribution in [3.63, 3.8) is 0 Å². The lowest BCUT2D eigenvalue weighted by atomic mass is 10.3. The molecule has 0 aromatic carbocycles. The van der Waals surface area contributed by atoms with Crippen LogP contribution < -0.4 is 0 Å². The summed E-state index contributed by atoms with van der Waals surface area (Å²) in [6, 6.07) is 0. The van der Waals surface area contributed by atoms with Crippen LogP contribution in [0.4, 0.5) is 0 Å². The average molecular weight is 393 g/mol. The van der Waals surface area contributed by atoms with Crippen LogP contribution >= 0.6 is 23.5 Å². The number of nitrogens with zero attached hydrogens (tertiary/aromatic N) is 1. The van der Waals surface area contributed by atoms with Gasteiger partial charge in [0.25, 0.3) is 0 Å². The molecule has 0 aromatic heterocycles. The summed E-state index contributed by atoms with van der Waals surface area (Å²) in [7, 11) is 0. The summed E-state index contributed by atoms with van der Waals surface area (Å²) in [5, 5.41) is 11.2. The Morgan fingerprint density at radius 2 is 1.20 bits per heavy atom. The standard InChI is InChI=1S/C14H19NO8S2/c1-9(16)24-7-5-13(19)22-11(15-21)3-4-12(18)23-14(20)6-8-25-10(2)17/h21H,3-8H2,1-2H3/b15-11-. The predicted molar refractivity (Wildman–Crippen MR) is 91.2 cm³/mol. The van der Waals surface area contributed by atoms with Crippen LogP contribution in [0.5, 0.6) is 0 Å². The number of carbonyl (C=O) groups is 5. The van der Waals surface area contributed by atoms with Gasteiger partial charge in [-0.25, -0.2) is 0 Å². The van der Waals surface area contributed by atoms with Crippen LogP contribution in [0.15, 0.2) is 5.16 Å². The lowest BCUT2D eigenvalue weighted by Crippen LogP contribution is -2.17. The Hall–Kier alpha value is -1.88. The van der Waals surface area contributed by atoms with Crippen molar-refractivity contribution in [3.05, 3.63) is 0 Å². The highest BCUT2D eigenvalue weighted by atomic mass is 32.2. The Bertz CT molecular complexity index is 547. The zero-order valence-electron chi connectivity index (χ0n) is 13.8. The molecule has 0 saturated carbocycles. The second-order valence-electron chi connectivity index (χ2n) is 4.49. The first kappa shape index (κ1) is 23.1. The third-order valence-electron chi connectivity index (χ3n) is 2.34. The van der Waals surface area contributed by atoms with E-state index < -0.39 is 23.8 Å². The fourth-order valence-electron chi connectivity index (χ4n) is 1.30. The number of thioether (sulfide) groups is 2. The number of oxime groups is 1. The van der Waals surface area contributed by atoms with Gasteiger partial charge >= 0.3 is 17.9 Å². The fourth-order valence-corrected chi connectivity index (χ4v) is 2.41. The molecule has 0 radical (unpaired) electrons. The lowest BCUT2D eigenvalue weighted by molar-refractivity contribution is -0.159. The van der Waals surface area contributed by atoms with Crippen molar-refractivity contribution in [1.82, 2.24) is 0 Å². The molecule has 9 nitrogen and oxygen atoms in total. The zero-order valence-corrected chi connectivity index (χ0v) is 15.4. The number of hydrogen-bond donors (Lipinski definition) is 1. The van der Waals surface area contributed by atoms with Crippen molar-refractivity contribution in [3.8, 4) is 0 Å². The Morgan fingerprint density at radius 3 is 1.64 bits per heavy atom. The molecule has 0 aliphatic carbocycles. The van der Waals surface area contributed by atoms with Gasteiger partial charge in [-0.2, -0.15) is 0 Å². The third-order valence-corrected chi connectivity index (χ3v) is 3.97. The first-order valence-corrected chi connectivity index (χ1v) is 9.13. The molecule has 0 saturated heterocycles. The number of rotatable bonds is 9. The zero-order chi connectivity index (χ0) is 19.2. The van der Waals surface area contributed by atoms with Crippen LogP contribution in [0.25, 0.3) is 0 Å². The van der Waals surface area contributed by atoms with Gasteiger partial charge in [0.1, 0.15) is 0 Å². The summed E-state index contributed by atoms with van der Waals surface area (Å²) in [5.74, 6) is -2.33. The molecule has 140 valence electrons. The molecule has 11 heteroatoms. The van der Waals surface area contributed by atoms with Crippen LogP contribution in [-0.2, 0) is 33.4 Å².